The Kier molecular flexibility index (Phi) is 5.74. The Labute approximate surface area is 169 Å². The quantitative estimate of drug-likeness (QED) is 0.503. The van der Waals surface area contributed by atoms with E-state index in [1.165, 1.54) is 70.6 Å². The van der Waals surface area contributed by atoms with E-state index in [0.717, 1.165) is 48.3 Å². The third kappa shape index (κ3) is 3.32. The summed E-state index contributed by atoms with van der Waals surface area (Å²) in [6.07, 6.45) is 18.0. The average Bonchev–Trinajstić information content (AvgIpc) is 3.00. The molecule has 0 aromatic carbocycles. The summed E-state index contributed by atoms with van der Waals surface area (Å²) in [7, 11) is 0. The molecule has 4 rings (SSSR count). The summed E-state index contributed by atoms with van der Waals surface area (Å²) in [5.74, 6) is 5.67. The second-order valence-electron chi connectivity index (χ2n) is 11.8. The molecule has 0 bridgehead atoms. The minimum absolute atomic E-state index is 0.00619. The molecule has 0 unspecified atom stereocenters. The Morgan fingerprint density at radius 1 is 0.889 bits per heavy atom. The SMILES string of the molecule is CCCCC[C@@H](C)[C@H]1CC[C@H]2[C@@H]3CC[C@H]4C[C@@H](O)CC[C@]4(C)[C@H]3CC[C@]12C. The van der Waals surface area contributed by atoms with Crippen molar-refractivity contribution in [2.24, 2.45) is 46.3 Å². The van der Waals surface area contributed by atoms with E-state index < -0.39 is 0 Å². The van der Waals surface area contributed by atoms with Crippen LogP contribution in [0, 0.1) is 46.3 Å². The van der Waals surface area contributed by atoms with Crippen LogP contribution in [0.15, 0.2) is 0 Å². The second kappa shape index (κ2) is 7.66. The molecule has 27 heavy (non-hydrogen) atoms. The van der Waals surface area contributed by atoms with Gasteiger partial charge in [-0.1, -0.05) is 53.4 Å². The number of unbranched alkanes of at least 4 members (excludes halogenated alkanes) is 2. The Morgan fingerprint density at radius 3 is 2.41 bits per heavy atom. The van der Waals surface area contributed by atoms with E-state index in [0.29, 0.717) is 10.8 Å². The fourth-order valence-electron chi connectivity index (χ4n) is 9.13. The first-order valence-electron chi connectivity index (χ1n) is 12.6. The maximum Gasteiger partial charge on any atom is 0.0543 e. The van der Waals surface area contributed by atoms with Gasteiger partial charge < -0.3 is 5.11 Å². The van der Waals surface area contributed by atoms with Crippen LogP contribution in [0.2, 0.25) is 0 Å². The number of fused-ring (bicyclic) bond motifs is 5. The summed E-state index contributed by atoms with van der Waals surface area (Å²) >= 11 is 0. The average molecular weight is 375 g/mol. The van der Waals surface area contributed by atoms with E-state index in [1.807, 2.05) is 0 Å². The summed E-state index contributed by atoms with van der Waals surface area (Å²) in [6, 6.07) is 0. The van der Waals surface area contributed by atoms with Gasteiger partial charge in [-0.15, -0.1) is 0 Å². The van der Waals surface area contributed by atoms with Crippen LogP contribution in [0.5, 0.6) is 0 Å². The Balaban J connectivity index is 1.49. The zero-order valence-electron chi connectivity index (χ0n) is 18.7. The minimum Gasteiger partial charge on any atom is -0.393 e. The van der Waals surface area contributed by atoms with Crippen LogP contribution >= 0.6 is 0 Å². The molecule has 1 nitrogen and oxygen atoms in total. The molecule has 0 heterocycles. The molecule has 0 radical (unpaired) electrons. The second-order valence-corrected chi connectivity index (χ2v) is 11.8. The van der Waals surface area contributed by atoms with Crippen molar-refractivity contribution in [2.75, 3.05) is 0 Å². The van der Waals surface area contributed by atoms with Crippen molar-refractivity contribution in [1.82, 2.24) is 0 Å². The van der Waals surface area contributed by atoms with Gasteiger partial charge in [-0.25, -0.2) is 0 Å². The van der Waals surface area contributed by atoms with E-state index in [2.05, 4.69) is 27.7 Å². The van der Waals surface area contributed by atoms with E-state index in [9.17, 15) is 5.11 Å². The van der Waals surface area contributed by atoms with Crippen LogP contribution in [0.4, 0.5) is 0 Å². The third-order valence-electron chi connectivity index (χ3n) is 10.7. The predicted octanol–water partition coefficient (Wildman–Crippen LogP) is 7.22. The molecular formula is C26H46O. The molecule has 4 aliphatic carbocycles. The molecule has 0 aromatic heterocycles. The van der Waals surface area contributed by atoms with Crippen molar-refractivity contribution in [3.63, 3.8) is 0 Å². The lowest BCUT2D eigenvalue weighted by atomic mass is 9.44. The lowest BCUT2D eigenvalue weighted by Gasteiger charge is -2.61. The highest BCUT2D eigenvalue weighted by Gasteiger charge is 2.60. The van der Waals surface area contributed by atoms with Gasteiger partial charge in [0.2, 0.25) is 0 Å². The standard InChI is InChI=1S/C26H46O/c1-5-6-7-8-18(2)22-11-12-23-21-10-9-19-17-20(27)13-15-25(19,3)24(21)14-16-26(22,23)4/h18-24,27H,5-17H2,1-4H3/t18-,19+,20+,21+,22-,23+,24+,25+,26-/m1/s1. The molecule has 0 amide bonds. The monoisotopic (exact) mass is 374 g/mol. The zero-order chi connectivity index (χ0) is 19.2. The zero-order valence-corrected chi connectivity index (χ0v) is 18.7. The first kappa shape index (κ1) is 20.2. The smallest absolute Gasteiger partial charge is 0.0543 e. The maximum atomic E-state index is 10.2. The fourth-order valence-corrected chi connectivity index (χ4v) is 9.13. The van der Waals surface area contributed by atoms with Gasteiger partial charge in [-0.2, -0.15) is 0 Å². The number of aliphatic hydroxyl groups excluding tert-OH is 1. The molecule has 4 aliphatic rings. The minimum atomic E-state index is -0.00619. The highest BCUT2D eigenvalue weighted by atomic mass is 16.3. The summed E-state index contributed by atoms with van der Waals surface area (Å²) in [4.78, 5) is 0. The van der Waals surface area contributed by atoms with Gasteiger partial charge in [0.05, 0.1) is 6.10 Å². The number of rotatable bonds is 5. The Morgan fingerprint density at radius 2 is 1.63 bits per heavy atom. The van der Waals surface area contributed by atoms with Gasteiger partial charge in [-0.05, 0) is 104 Å². The van der Waals surface area contributed by atoms with E-state index in [1.54, 1.807) is 0 Å². The molecule has 4 saturated carbocycles. The Hall–Kier alpha value is -0.0400. The van der Waals surface area contributed by atoms with Gasteiger partial charge in [0.15, 0.2) is 0 Å². The van der Waals surface area contributed by atoms with Crippen LogP contribution in [0.3, 0.4) is 0 Å². The molecule has 0 spiro atoms. The van der Waals surface area contributed by atoms with Gasteiger partial charge in [0, 0.05) is 0 Å². The Bertz CT molecular complexity index is 514. The number of hydrogen-bond acceptors (Lipinski definition) is 1. The first-order chi connectivity index (χ1) is 12.9. The molecule has 0 saturated heterocycles. The van der Waals surface area contributed by atoms with Gasteiger partial charge in [0.25, 0.3) is 0 Å². The lowest BCUT2D eigenvalue weighted by molar-refractivity contribution is -0.129. The van der Waals surface area contributed by atoms with E-state index in [4.69, 9.17) is 0 Å². The molecule has 9 atom stereocenters. The van der Waals surface area contributed by atoms with Crippen molar-refractivity contribution < 1.29 is 5.11 Å². The van der Waals surface area contributed by atoms with Crippen LogP contribution in [-0.4, -0.2) is 11.2 Å². The van der Waals surface area contributed by atoms with Crippen molar-refractivity contribution >= 4 is 0 Å². The van der Waals surface area contributed by atoms with Gasteiger partial charge in [0.1, 0.15) is 0 Å². The fraction of sp³-hybridized carbons (Fsp3) is 1.00. The molecule has 0 aliphatic heterocycles. The van der Waals surface area contributed by atoms with E-state index >= 15 is 0 Å². The van der Waals surface area contributed by atoms with Crippen molar-refractivity contribution in [1.29, 1.82) is 0 Å². The van der Waals surface area contributed by atoms with E-state index in [-0.39, 0.29) is 6.10 Å². The number of hydrogen-bond donors (Lipinski definition) is 1. The first-order valence-corrected chi connectivity index (χ1v) is 12.6. The summed E-state index contributed by atoms with van der Waals surface area (Å²) in [5, 5.41) is 10.2. The van der Waals surface area contributed by atoms with Crippen molar-refractivity contribution in [2.45, 2.75) is 117 Å². The summed E-state index contributed by atoms with van der Waals surface area (Å²) in [5.41, 5.74) is 1.17. The molecular weight excluding hydrogens is 328 g/mol. The highest BCUT2D eigenvalue weighted by molar-refractivity contribution is 5.09. The molecule has 1 N–H and O–H groups in total. The number of aliphatic hydroxyl groups is 1. The third-order valence-corrected chi connectivity index (χ3v) is 10.7. The van der Waals surface area contributed by atoms with Crippen molar-refractivity contribution in [3.05, 3.63) is 0 Å². The highest BCUT2D eigenvalue weighted by Crippen LogP contribution is 2.68. The topological polar surface area (TPSA) is 20.2 Å². The largest absolute Gasteiger partial charge is 0.393 e. The van der Waals surface area contributed by atoms with Crippen LogP contribution < -0.4 is 0 Å². The molecule has 4 fully saturated rings. The van der Waals surface area contributed by atoms with Gasteiger partial charge in [-0.3, -0.25) is 0 Å². The normalized spacial score (nSPS) is 50.6. The molecule has 156 valence electrons. The maximum absolute atomic E-state index is 10.2. The molecule has 0 aromatic rings. The van der Waals surface area contributed by atoms with Crippen LogP contribution in [0.25, 0.3) is 0 Å². The van der Waals surface area contributed by atoms with Gasteiger partial charge >= 0.3 is 0 Å². The summed E-state index contributed by atoms with van der Waals surface area (Å²) < 4.78 is 0. The summed E-state index contributed by atoms with van der Waals surface area (Å²) in [6.45, 7) is 10.3. The van der Waals surface area contributed by atoms with Crippen LogP contribution in [-0.2, 0) is 0 Å². The van der Waals surface area contributed by atoms with Crippen LogP contribution in [0.1, 0.15) is 111 Å². The van der Waals surface area contributed by atoms with Crippen molar-refractivity contribution in [3.8, 4) is 0 Å². The lowest BCUT2D eigenvalue weighted by Crippen LogP contribution is -2.54. The molecule has 1 heteroatoms. The predicted molar refractivity (Wildman–Crippen MR) is 115 cm³/mol.